The number of amides is 1. The molecule has 0 spiro atoms. The van der Waals surface area contributed by atoms with Crippen molar-refractivity contribution in [2.24, 2.45) is 11.8 Å². The molecule has 2 aliphatic heterocycles. The van der Waals surface area contributed by atoms with Gasteiger partial charge < -0.3 is 9.80 Å². The number of benzene rings is 2. The second-order valence-corrected chi connectivity index (χ2v) is 10.7. The Morgan fingerprint density at radius 2 is 1.62 bits per heavy atom. The minimum Gasteiger partial charge on any atom is -0.347 e. The van der Waals surface area contributed by atoms with Gasteiger partial charge in [-0.2, -0.15) is 4.37 Å². The number of hydrogen-bond donors (Lipinski definition) is 0. The van der Waals surface area contributed by atoms with Crippen molar-refractivity contribution in [2.75, 3.05) is 31.1 Å². The van der Waals surface area contributed by atoms with E-state index in [4.69, 9.17) is 16.6 Å². The number of hydrogen-bond acceptors (Lipinski definition) is 5. The second-order valence-electron chi connectivity index (χ2n) is 9.52. The van der Waals surface area contributed by atoms with Crippen LogP contribution in [0, 0.1) is 11.8 Å². The molecule has 0 N–H and O–H groups in total. The Morgan fingerprint density at radius 3 is 2.32 bits per heavy atom. The highest BCUT2D eigenvalue weighted by Gasteiger charge is 2.31. The fourth-order valence-corrected chi connectivity index (χ4v) is 5.97. The van der Waals surface area contributed by atoms with E-state index in [2.05, 4.69) is 44.5 Å². The second kappa shape index (κ2) is 10.9. The molecule has 34 heavy (non-hydrogen) atoms. The third kappa shape index (κ3) is 5.78. The molecule has 7 heteroatoms. The number of aromatic nitrogens is 2. The number of rotatable bonds is 6. The largest absolute Gasteiger partial charge is 0.347 e. The predicted molar refractivity (Wildman–Crippen MR) is 139 cm³/mol. The summed E-state index contributed by atoms with van der Waals surface area (Å²) in [5, 5.41) is 1.71. The number of piperidine rings is 2. The van der Waals surface area contributed by atoms with Crippen molar-refractivity contribution in [3.8, 4) is 0 Å². The number of nitrogens with zero attached hydrogens (tertiary/aromatic N) is 4. The van der Waals surface area contributed by atoms with Gasteiger partial charge in [-0.1, -0.05) is 54.1 Å². The summed E-state index contributed by atoms with van der Waals surface area (Å²) < 4.78 is 4.55. The van der Waals surface area contributed by atoms with Crippen LogP contribution in [0.25, 0.3) is 0 Å². The molecule has 0 saturated carbocycles. The Bertz CT molecular complexity index is 1070. The molecule has 0 atom stereocenters. The minimum atomic E-state index is 0.142. The normalized spacial score (nSPS) is 17.8. The summed E-state index contributed by atoms with van der Waals surface area (Å²) >= 11 is 7.44. The van der Waals surface area contributed by atoms with E-state index in [0.717, 1.165) is 79.8 Å². The van der Waals surface area contributed by atoms with E-state index in [9.17, 15) is 4.79 Å². The average molecular weight is 495 g/mol. The van der Waals surface area contributed by atoms with E-state index < -0.39 is 0 Å². The Balaban J connectivity index is 1.08. The van der Waals surface area contributed by atoms with Gasteiger partial charge in [-0.3, -0.25) is 4.79 Å². The van der Waals surface area contributed by atoms with Gasteiger partial charge >= 0.3 is 0 Å². The van der Waals surface area contributed by atoms with Crippen molar-refractivity contribution < 1.29 is 4.79 Å². The third-order valence-corrected chi connectivity index (χ3v) is 8.21. The monoisotopic (exact) mass is 494 g/mol. The molecule has 0 unspecified atom stereocenters. The maximum absolute atomic E-state index is 13.2. The molecular weight excluding hydrogens is 464 g/mol. The molecule has 1 aromatic heterocycles. The smallest absolute Gasteiger partial charge is 0.225 e. The summed E-state index contributed by atoms with van der Waals surface area (Å²) in [6.07, 6.45) is 5.86. The predicted octanol–water partition coefficient (Wildman–Crippen LogP) is 5.48. The standard InChI is InChI=1S/C27H31ClN4OS/c28-24-8-6-21(7-9-24)19-25-29-27(34-30-25)32-16-12-23(13-17-32)26(33)31-14-10-22(11-15-31)18-20-4-2-1-3-5-20/h1-9,22-23H,10-19H2. The molecular formula is C27H31ClN4OS. The van der Waals surface area contributed by atoms with E-state index >= 15 is 0 Å². The van der Waals surface area contributed by atoms with Gasteiger partial charge in [0.15, 0.2) is 0 Å². The van der Waals surface area contributed by atoms with E-state index in [-0.39, 0.29) is 5.92 Å². The summed E-state index contributed by atoms with van der Waals surface area (Å²) in [7, 11) is 0. The summed E-state index contributed by atoms with van der Waals surface area (Å²) in [5.74, 6) is 2.04. The van der Waals surface area contributed by atoms with Gasteiger partial charge in [0.25, 0.3) is 0 Å². The van der Waals surface area contributed by atoms with Crippen LogP contribution in [0.5, 0.6) is 0 Å². The molecule has 0 radical (unpaired) electrons. The summed E-state index contributed by atoms with van der Waals surface area (Å²) in [6, 6.07) is 18.6. The Morgan fingerprint density at radius 1 is 0.912 bits per heavy atom. The van der Waals surface area contributed by atoms with E-state index in [0.29, 0.717) is 18.2 Å². The van der Waals surface area contributed by atoms with Crippen LogP contribution >= 0.6 is 23.1 Å². The summed E-state index contributed by atoms with van der Waals surface area (Å²) in [6.45, 7) is 3.55. The number of carbonyl (C=O) groups is 1. The van der Waals surface area contributed by atoms with Gasteiger partial charge in [-0.15, -0.1) is 0 Å². The highest BCUT2D eigenvalue weighted by Crippen LogP contribution is 2.29. The zero-order valence-electron chi connectivity index (χ0n) is 19.4. The van der Waals surface area contributed by atoms with Gasteiger partial charge in [-0.05, 0) is 61.3 Å². The lowest BCUT2D eigenvalue weighted by Gasteiger charge is -2.37. The van der Waals surface area contributed by atoms with Gasteiger partial charge in [0.05, 0.1) is 0 Å². The van der Waals surface area contributed by atoms with Gasteiger partial charge in [0, 0.05) is 55.1 Å². The van der Waals surface area contributed by atoms with Crippen LogP contribution in [-0.4, -0.2) is 46.3 Å². The number of carbonyl (C=O) groups excluding carboxylic acids is 1. The van der Waals surface area contributed by atoms with Crippen LogP contribution in [0.4, 0.5) is 5.13 Å². The zero-order valence-corrected chi connectivity index (χ0v) is 21.0. The summed E-state index contributed by atoms with van der Waals surface area (Å²) in [5.41, 5.74) is 2.57. The first-order chi connectivity index (χ1) is 16.6. The zero-order chi connectivity index (χ0) is 23.3. The molecule has 5 nitrogen and oxygen atoms in total. The fraction of sp³-hybridized carbons (Fsp3) is 0.444. The van der Waals surface area contributed by atoms with Crippen molar-refractivity contribution in [1.82, 2.24) is 14.3 Å². The lowest BCUT2D eigenvalue weighted by molar-refractivity contribution is -0.137. The average Bonchev–Trinajstić information content (AvgIpc) is 3.35. The molecule has 0 bridgehead atoms. The molecule has 2 saturated heterocycles. The van der Waals surface area contributed by atoms with Crippen molar-refractivity contribution in [2.45, 2.75) is 38.5 Å². The SMILES string of the molecule is O=C(C1CCN(c2nc(Cc3ccc(Cl)cc3)ns2)CC1)N1CCC(Cc2ccccc2)CC1. The molecule has 2 aromatic carbocycles. The third-order valence-electron chi connectivity index (χ3n) is 7.14. The molecule has 2 aliphatic rings. The van der Waals surface area contributed by atoms with Crippen LogP contribution in [0.2, 0.25) is 5.02 Å². The Hall–Kier alpha value is -2.44. The fourth-order valence-electron chi connectivity index (χ4n) is 5.11. The van der Waals surface area contributed by atoms with Crippen molar-refractivity contribution in [1.29, 1.82) is 0 Å². The molecule has 5 rings (SSSR count). The van der Waals surface area contributed by atoms with Crippen LogP contribution < -0.4 is 4.90 Å². The van der Waals surface area contributed by atoms with Crippen molar-refractivity contribution >= 4 is 34.2 Å². The topological polar surface area (TPSA) is 49.3 Å². The van der Waals surface area contributed by atoms with Crippen LogP contribution in [0.1, 0.15) is 42.6 Å². The van der Waals surface area contributed by atoms with Crippen molar-refractivity contribution in [3.63, 3.8) is 0 Å². The van der Waals surface area contributed by atoms with E-state index in [1.807, 2.05) is 24.3 Å². The maximum atomic E-state index is 13.2. The Labute approximate surface area is 210 Å². The Kier molecular flexibility index (Phi) is 7.45. The minimum absolute atomic E-state index is 0.142. The van der Waals surface area contributed by atoms with Crippen LogP contribution in [-0.2, 0) is 17.6 Å². The lowest BCUT2D eigenvalue weighted by Crippen LogP contribution is -2.45. The van der Waals surface area contributed by atoms with Crippen molar-refractivity contribution in [3.05, 3.63) is 76.6 Å². The van der Waals surface area contributed by atoms with Gasteiger partial charge in [0.2, 0.25) is 11.0 Å². The number of anilines is 1. The van der Waals surface area contributed by atoms with E-state index in [1.54, 1.807) is 0 Å². The van der Waals surface area contributed by atoms with Gasteiger partial charge in [0.1, 0.15) is 5.82 Å². The summed E-state index contributed by atoms with van der Waals surface area (Å²) in [4.78, 5) is 22.3. The molecule has 178 valence electrons. The number of halogens is 1. The van der Waals surface area contributed by atoms with E-state index in [1.165, 1.54) is 17.1 Å². The maximum Gasteiger partial charge on any atom is 0.225 e. The molecule has 3 aromatic rings. The van der Waals surface area contributed by atoms with Gasteiger partial charge in [-0.25, -0.2) is 4.98 Å². The molecule has 2 fully saturated rings. The molecule has 1 amide bonds. The lowest BCUT2D eigenvalue weighted by atomic mass is 9.88. The first-order valence-electron chi connectivity index (χ1n) is 12.3. The highest BCUT2D eigenvalue weighted by molar-refractivity contribution is 7.09. The van der Waals surface area contributed by atoms with Crippen LogP contribution in [0.15, 0.2) is 54.6 Å². The molecule has 0 aliphatic carbocycles. The quantitative estimate of drug-likeness (QED) is 0.455. The number of likely N-dealkylation sites (tertiary alicyclic amines) is 1. The first-order valence-corrected chi connectivity index (χ1v) is 13.4. The molecule has 3 heterocycles. The highest BCUT2D eigenvalue weighted by atomic mass is 35.5. The van der Waals surface area contributed by atoms with Crippen LogP contribution in [0.3, 0.4) is 0 Å². The first kappa shape index (κ1) is 23.3.